The molecule has 7 nitrogen and oxygen atoms in total. The highest BCUT2D eigenvalue weighted by Crippen LogP contribution is 2.21. The van der Waals surface area contributed by atoms with Crippen LogP contribution in [0.3, 0.4) is 0 Å². The van der Waals surface area contributed by atoms with Crippen LogP contribution in [0.2, 0.25) is 0 Å². The van der Waals surface area contributed by atoms with E-state index in [1.54, 1.807) is 6.20 Å². The predicted octanol–water partition coefficient (Wildman–Crippen LogP) is 1.28. The number of hydrogen-bond acceptors (Lipinski definition) is 5. The molecule has 0 bridgehead atoms. The van der Waals surface area contributed by atoms with Crippen molar-refractivity contribution in [2.45, 2.75) is 25.4 Å². The van der Waals surface area contributed by atoms with Gasteiger partial charge in [-0.2, -0.15) is 0 Å². The van der Waals surface area contributed by atoms with Crippen LogP contribution in [0, 0.1) is 6.92 Å². The molecule has 2 atom stereocenters. The van der Waals surface area contributed by atoms with E-state index in [2.05, 4.69) is 15.8 Å². The number of piperazine rings is 1. The molecule has 3 heterocycles. The first kappa shape index (κ1) is 18.6. The molecule has 0 aliphatic carbocycles. The van der Waals surface area contributed by atoms with Gasteiger partial charge in [-0.3, -0.25) is 14.6 Å². The Bertz CT molecular complexity index is 832. The number of hydrazine groups is 1. The van der Waals surface area contributed by atoms with E-state index in [9.17, 15) is 9.59 Å². The van der Waals surface area contributed by atoms with Crippen molar-refractivity contribution in [2.24, 2.45) is 0 Å². The summed E-state index contributed by atoms with van der Waals surface area (Å²) in [7, 11) is 0. The number of benzene rings is 1. The summed E-state index contributed by atoms with van der Waals surface area (Å²) in [5, 5.41) is 0. The monoisotopic (exact) mass is 379 g/mol. The van der Waals surface area contributed by atoms with E-state index in [-0.39, 0.29) is 23.9 Å². The second-order valence-electron chi connectivity index (χ2n) is 7.37. The fraction of sp³-hybridized carbons (Fsp3) is 0.381. The Kier molecular flexibility index (Phi) is 5.36. The Hall–Kier alpha value is -2.77. The van der Waals surface area contributed by atoms with Gasteiger partial charge in [0.05, 0.1) is 11.7 Å². The Morgan fingerprint density at radius 3 is 2.36 bits per heavy atom. The van der Waals surface area contributed by atoms with E-state index in [0.717, 1.165) is 11.3 Å². The van der Waals surface area contributed by atoms with Crippen molar-refractivity contribution in [3.63, 3.8) is 0 Å². The third-order valence-electron chi connectivity index (χ3n) is 5.42. The summed E-state index contributed by atoms with van der Waals surface area (Å²) >= 11 is 0. The molecule has 4 rings (SSSR count). The van der Waals surface area contributed by atoms with Crippen molar-refractivity contribution >= 4 is 11.8 Å². The molecule has 2 aromatic rings. The third-order valence-corrected chi connectivity index (χ3v) is 5.42. The molecule has 0 radical (unpaired) electrons. The SMILES string of the molecule is Cc1ccc(C(=O)N2CCN(C(=O)C3CC(c4ccccn4)NN3)CC2)cc1. The Morgan fingerprint density at radius 1 is 0.964 bits per heavy atom. The number of carbonyl (C=O) groups excluding carboxylic acids is 2. The van der Waals surface area contributed by atoms with Gasteiger partial charge in [0, 0.05) is 37.9 Å². The highest BCUT2D eigenvalue weighted by molar-refractivity contribution is 5.94. The molecular formula is C21H25N5O2. The van der Waals surface area contributed by atoms with Gasteiger partial charge in [-0.15, -0.1) is 0 Å². The summed E-state index contributed by atoms with van der Waals surface area (Å²) in [6.07, 6.45) is 2.43. The van der Waals surface area contributed by atoms with Gasteiger partial charge in [-0.05, 0) is 37.6 Å². The van der Waals surface area contributed by atoms with Crippen molar-refractivity contribution in [1.29, 1.82) is 0 Å². The summed E-state index contributed by atoms with van der Waals surface area (Å²) < 4.78 is 0. The van der Waals surface area contributed by atoms with Gasteiger partial charge in [0.25, 0.3) is 5.91 Å². The van der Waals surface area contributed by atoms with Crippen molar-refractivity contribution in [1.82, 2.24) is 25.6 Å². The molecule has 2 fully saturated rings. The maximum Gasteiger partial charge on any atom is 0.253 e. The zero-order valence-electron chi connectivity index (χ0n) is 16.0. The second-order valence-corrected chi connectivity index (χ2v) is 7.37. The molecule has 146 valence electrons. The number of amides is 2. The maximum atomic E-state index is 12.9. The minimum Gasteiger partial charge on any atom is -0.338 e. The van der Waals surface area contributed by atoms with Crippen molar-refractivity contribution < 1.29 is 9.59 Å². The van der Waals surface area contributed by atoms with E-state index in [4.69, 9.17) is 0 Å². The first-order valence-corrected chi connectivity index (χ1v) is 9.68. The summed E-state index contributed by atoms with van der Waals surface area (Å²) in [6.45, 7) is 4.24. The van der Waals surface area contributed by atoms with E-state index >= 15 is 0 Å². The van der Waals surface area contributed by atoms with Crippen LogP contribution in [-0.2, 0) is 4.79 Å². The number of rotatable bonds is 3. The molecule has 2 saturated heterocycles. The van der Waals surface area contributed by atoms with Crippen molar-refractivity contribution in [2.75, 3.05) is 26.2 Å². The lowest BCUT2D eigenvalue weighted by Gasteiger charge is -2.36. The fourth-order valence-corrected chi connectivity index (χ4v) is 3.72. The molecule has 1 aromatic carbocycles. The largest absolute Gasteiger partial charge is 0.338 e. The fourth-order valence-electron chi connectivity index (χ4n) is 3.72. The lowest BCUT2D eigenvalue weighted by molar-refractivity contribution is -0.134. The van der Waals surface area contributed by atoms with Crippen molar-refractivity contribution in [3.8, 4) is 0 Å². The first-order valence-electron chi connectivity index (χ1n) is 9.68. The second kappa shape index (κ2) is 8.08. The molecule has 2 N–H and O–H groups in total. The molecule has 0 saturated carbocycles. The van der Waals surface area contributed by atoms with E-state index in [0.29, 0.717) is 38.2 Å². The zero-order valence-corrected chi connectivity index (χ0v) is 16.0. The van der Waals surface area contributed by atoms with Crippen LogP contribution in [0.4, 0.5) is 0 Å². The summed E-state index contributed by atoms with van der Waals surface area (Å²) in [4.78, 5) is 33.5. The summed E-state index contributed by atoms with van der Waals surface area (Å²) in [5.74, 6) is 0.108. The van der Waals surface area contributed by atoms with Crippen LogP contribution in [0.15, 0.2) is 48.7 Å². The maximum absolute atomic E-state index is 12.9. The van der Waals surface area contributed by atoms with Gasteiger partial charge < -0.3 is 9.80 Å². The molecule has 28 heavy (non-hydrogen) atoms. The lowest BCUT2D eigenvalue weighted by atomic mass is 10.1. The number of aryl methyl sites for hydroxylation is 1. The third kappa shape index (κ3) is 3.90. The highest BCUT2D eigenvalue weighted by atomic mass is 16.2. The Balaban J connectivity index is 1.31. The van der Waals surface area contributed by atoms with Gasteiger partial charge in [0.2, 0.25) is 5.91 Å². The average molecular weight is 379 g/mol. The number of nitrogens with zero attached hydrogens (tertiary/aromatic N) is 3. The summed E-state index contributed by atoms with van der Waals surface area (Å²) in [6, 6.07) is 13.2. The van der Waals surface area contributed by atoms with E-state index in [1.165, 1.54) is 0 Å². The van der Waals surface area contributed by atoms with E-state index in [1.807, 2.05) is 59.2 Å². The van der Waals surface area contributed by atoms with Gasteiger partial charge in [-0.25, -0.2) is 10.9 Å². The number of nitrogens with one attached hydrogen (secondary N) is 2. The van der Waals surface area contributed by atoms with Crippen LogP contribution >= 0.6 is 0 Å². The topological polar surface area (TPSA) is 77.6 Å². The van der Waals surface area contributed by atoms with Gasteiger partial charge >= 0.3 is 0 Å². The highest BCUT2D eigenvalue weighted by Gasteiger charge is 2.35. The molecule has 1 aromatic heterocycles. The number of carbonyl (C=O) groups is 2. The lowest BCUT2D eigenvalue weighted by Crippen LogP contribution is -2.54. The zero-order chi connectivity index (χ0) is 19.5. The molecule has 2 amide bonds. The number of pyridine rings is 1. The molecule has 2 unspecified atom stereocenters. The molecule has 7 heteroatoms. The van der Waals surface area contributed by atoms with Crippen LogP contribution in [0.1, 0.15) is 34.1 Å². The van der Waals surface area contributed by atoms with Crippen molar-refractivity contribution in [3.05, 3.63) is 65.5 Å². The van der Waals surface area contributed by atoms with Crippen LogP contribution in [0.25, 0.3) is 0 Å². The normalized spacial score (nSPS) is 22.3. The standard InChI is InChI=1S/C21H25N5O2/c1-15-5-7-16(8-6-15)20(27)25-10-12-26(13-11-25)21(28)19-14-18(23-24-19)17-4-2-3-9-22-17/h2-9,18-19,23-24H,10-14H2,1H3. The number of hydrogen-bond donors (Lipinski definition) is 2. The average Bonchev–Trinajstić information content (AvgIpc) is 3.24. The van der Waals surface area contributed by atoms with E-state index < -0.39 is 0 Å². The molecule has 2 aliphatic heterocycles. The smallest absolute Gasteiger partial charge is 0.253 e. The molecular weight excluding hydrogens is 354 g/mol. The predicted molar refractivity (Wildman–Crippen MR) is 105 cm³/mol. The van der Waals surface area contributed by atoms with Crippen LogP contribution in [-0.4, -0.2) is 58.8 Å². The minimum absolute atomic E-state index is 0.0274. The Labute approximate surface area is 164 Å². The molecule has 2 aliphatic rings. The summed E-state index contributed by atoms with van der Waals surface area (Å²) in [5.41, 5.74) is 9.04. The van der Waals surface area contributed by atoms with Gasteiger partial charge in [0.15, 0.2) is 0 Å². The Morgan fingerprint density at radius 2 is 1.68 bits per heavy atom. The first-order chi connectivity index (χ1) is 13.6. The van der Waals surface area contributed by atoms with Crippen LogP contribution < -0.4 is 10.9 Å². The van der Waals surface area contributed by atoms with Gasteiger partial charge in [0.1, 0.15) is 6.04 Å². The number of aromatic nitrogens is 1. The quantitative estimate of drug-likeness (QED) is 0.840. The van der Waals surface area contributed by atoms with Gasteiger partial charge in [-0.1, -0.05) is 23.8 Å². The van der Waals surface area contributed by atoms with Crippen LogP contribution in [0.5, 0.6) is 0 Å². The minimum atomic E-state index is -0.272. The molecule has 0 spiro atoms.